The van der Waals surface area contributed by atoms with Crippen molar-refractivity contribution in [3.8, 4) is 17.2 Å². The Morgan fingerprint density at radius 2 is 1.54 bits per heavy atom. The number of hydrogen-bond acceptors (Lipinski definition) is 4. The van der Waals surface area contributed by atoms with Crippen LogP contribution in [-0.2, 0) is 4.79 Å². The van der Waals surface area contributed by atoms with Gasteiger partial charge < -0.3 is 9.47 Å². The molecule has 0 unspecified atom stereocenters. The third kappa shape index (κ3) is 5.31. The number of hydrazine groups is 1. The summed E-state index contributed by atoms with van der Waals surface area (Å²) in [7, 11) is 0. The van der Waals surface area contributed by atoms with Crippen LogP contribution in [0.4, 0.5) is 4.39 Å². The minimum atomic E-state index is -0.631. The number of halogens is 1. The highest BCUT2D eigenvalue weighted by Gasteiger charge is 2.10. The van der Waals surface area contributed by atoms with Crippen molar-refractivity contribution in [2.45, 2.75) is 0 Å². The molecule has 0 aliphatic heterocycles. The molecule has 0 aliphatic carbocycles. The number of rotatable bonds is 6. The molecule has 3 aromatic rings. The maximum Gasteiger partial charge on any atom is 0.276 e. The average molecular weight is 380 g/mol. The van der Waals surface area contributed by atoms with Gasteiger partial charge in [-0.2, -0.15) is 0 Å². The predicted octanol–water partition coefficient (Wildman–Crippen LogP) is 3.46. The molecule has 0 aromatic heterocycles. The van der Waals surface area contributed by atoms with Crippen LogP contribution in [0.3, 0.4) is 0 Å². The van der Waals surface area contributed by atoms with Crippen LogP contribution in [0.25, 0.3) is 0 Å². The largest absolute Gasteiger partial charge is 0.481 e. The van der Waals surface area contributed by atoms with E-state index in [2.05, 4.69) is 10.9 Å². The first-order valence-electron chi connectivity index (χ1n) is 8.41. The van der Waals surface area contributed by atoms with Gasteiger partial charge in [0, 0.05) is 5.56 Å². The van der Waals surface area contributed by atoms with Crippen LogP contribution in [0.2, 0.25) is 0 Å². The first-order chi connectivity index (χ1) is 13.6. The number of carbonyl (C=O) groups is 2. The van der Waals surface area contributed by atoms with Crippen molar-refractivity contribution in [2.75, 3.05) is 6.61 Å². The van der Waals surface area contributed by atoms with Crippen LogP contribution in [0.5, 0.6) is 17.2 Å². The molecule has 2 amide bonds. The summed E-state index contributed by atoms with van der Waals surface area (Å²) in [5.41, 5.74) is 4.78. The summed E-state index contributed by atoms with van der Waals surface area (Å²) in [5.74, 6) is -0.665. The fourth-order valence-corrected chi connectivity index (χ4v) is 2.27. The van der Waals surface area contributed by atoms with E-state index >= 15 is 0 Å². The lowest BCUT2D eigenvalue weighted by molar-refractivity contribution is -0.123. The molecule has 0 bridgehead atoms. The number of carbonyl (C=O) groups excluding carboxylic acids is 2. The second-order valence-electron chi connectivity index (χ2n) is 5.66. The summed E-state index contributed by atoms with van der Waals surface area (Å²) in [6, 6.07) is 21.4. The first kappa shape index (κ1) is 18.9. The van der Waals surface area contributed by atoms with Crippen molar-refractivity contribution >= 4 is 11.8 Å². The lowest BCUT2D eigenvalue weighted by Gasteiger charge is -2.10. The summed E-state index contributed by atoms with van der Waals surface area (Å²) in [6.45, 7) is -0.446. The molecule has 0 atom stereocenters. The van der Waals surface area contributed by atoms with Crippen LogP contribution >= 0.6 is 0 Å². The van der Waals surface area contributed by atoms with E-state index in [0.29, 0.717) is 17.1 Å². The zero-order valence-electron chi connectivity index (χ0n) is 14.7. The topological polar surface area (TPSA) is 76.7 Å². The van der Waals surface area contributed by atoms with Gasteiger partial charge in [0.2, 0.25) is 0 Å². The van der Waals surface area contributed by atoms with Crippen molar-refractivity contribution in [1.82, 2.24) is 10.9 Å². The molecule has 3 aromatic carbocycles. The third-order valence-electron chi connectivity index (χ3n) is 3.59. The molecule has 7 heteroatoms. The van der Waals surface area contributed by atoms with E-state index in [-0.39, 0.29) is 5.75 Å². The average Bonchev–Trinajstić information content (AvgIpc) is 2.72. The molecule has 28 heavy (non-hydrogen) atoms. The van der Waals surface area contributed by atoms with E-state index in [4.69, 9.17) is 9.47 Å². The van der Waals surface area contributed by atoms with Crippen molar-refractivity contribution in [3.63, 3.8) is 0 Å². The predicted molar refractivity (Wildman–Crippen MR) is 100 cm³/mol. The minimum absolute atomic E-state index is 0.0465. The van der Waals surface area contributed by atoms with Crippen molar-refractivity contribution in [3.05, 3.63) is 90.2 Å². The van der Waals surface area contributed by atoms with Gasteiger partial charge in [0.1, 0.15) is 11.5 Å². The standard InChI is InChI=1S/C21H17FN2O4/c22-18-11-4-5-12-19(18)27-14-20(25)23-24-21(26)15-7-6-10-17(13-15)28-16-8-2-1-3-9-16/h1-13H,14H2,(H,23,25)(H,24,26). The lowest BCUT2D eigenvalue weighted by Crippen LogP contribution is -2.43. The maximum atomic E-state index is 13.4. The maximum absolute atomic E-state index is 13.4. The second-order valence-corrected chi connectivity index (χ2v) is 5.66. The van der Waals surface area contributed by atoms with Crippen LogP contribution in [0.1, 0.15) is 10.4 Å². The normalized spacial score (nSPS) is 10.0. The Morgan fingerprint density at radius 3 is 2.32 bits per heavy atom. The van der Waals surface area contributed by atoms with Gasteiger partial charge in [-0.25, -0.2) is 4.39 Å². The molecule has 0 spiro atoms. The van der Waals surface area contributed by atoms with Crippen LogP contribution in [0.15, 0.2) is 78.9 Å². The highest BCUT2D eigenvalue weighted by atomic mass is 19.1. The molecule has 2 N–H and O–H groups in total. The van der Waals surface area contributed by atoms with Crippen molar-refractivity contribution in [1.29, 1.82) is 0 Å². The molecule has 3 rings (SSSR count). The molecule has 0 fully saturated rings. The zero-order chi connectivity index (χ0) is 19.8. The molecule has 0 heterocycles. The van der Waals surface area contributed by atoms with Gasteiger partial charge in [-0.05, 0) is 42.5 Å². The summed E-state index contributed by atoms with van der Waals surface area (Å²) in [6.07, 6.45) is 0. The Hall–Kier alpha value is -3.87. The van der Waals surface area contributed by atoms with Crippen molar-refractivity contribution in [2.24, 2.45) is 0 Å². The molecule has 142 valence electrons. The van der Waals surface area contributed by atoms with Crippen LogP contribution in [-0.4, -0.2) is 18.4 Å². The van der Waals surface area contributed by atoms with Gasteiger partial charge >= 0.3 is 0 Å². The molecular weight excluding hydrogens is 363 g/mol. The number of amides is 2. The molecule has 0 radical (unpaired) electrons. The smallest absolute Gasteiger partial charge is 0.276 e. The number of nitrogens with one attached hydrogen (secondary N) is 2. The van der Waals surface area contributed by atoms with Gasteiger partial charge in [0.15, 0.2) is 18.2 Å². The number of para-hydroxylation sites is 2. The quantitative estimate of drug-likeness (QED) is 0.642. The monoisotopic (exact) mass is 380 g/mol. The molecule has 6 nitrogen and oxygen atoms in total. The SMILES string of the molecule is O=C(COc1ccccc1F)NNC(=O)c1cccc(Oc2ccccc2)c1. The lowest BCUT2D eigenvalue weighted by atomic mass is 10.2. The van der Waals surface area contributed by atoms with Gasteiger partial charge in [0.05, 0.1) is 0 Å². The molecule has 0 aliphatic rings. The Kier molecular flexibility index (Phi) is 6.20. The van der Waals surface area contributed by atoms with Crippen molar-refractivity contribution < 1.29 is 23.5 Å². The molecular formula is C21H17FN2O4. The van der Waals surface area contributed by atoms with E-state index in [1.54, 1.807) is 42.5 Å². The van der Waals surface area contributed by atoms with E-state index < -0.39 is 24.2 Å². The molecule has 0 saturated heterocycles. The Morgan fingerprint density at radius 1 is 0.821 bits per heavy atom. The van der Waals surface area contributed by atoms with Gasteiger partial charge in [-0.1, -0.05) is 36.4 Å². The van der Waals surface area contributed by atoms with Gasteiger partial charge in [-0.3, -0.25) is 20.4 Å². The first-order valence-corrected chi connectivity index (χ1v) is 8.41. The Labute approximate surface area is 160 Å². The molecule has 0 saturated carbocycles. The van der Waals surface area contributed by atoms with E-state index in [1.807, 2.05) is 18.2 Å². The van der Waals surface area contributed by atoms with Crippen LogP contribution in [0, 0.1) is 5.82 Å². The highest BCUT2D eigenvalue weighted by Crippen LogP contribution is 2.21. The fourth-order valence-electron chi connectivity index (χ4n) is 2.27. The Bertz CT molecular complexity index is 963. The number of ether oxygens (including phenoxy) is 2. The minimum Gasteiger partial charge on any atom is -0.481 e. The van der Waals surface area contributed by atoms with E-state index in [1.165, 1.54) is 18.2 Å². The highest BCUT2D eigenvalue weighted by molar-refractivity contribution is 5.95. The fraction of sp³-hybridized carbons (Fsp3) is 0.0476. The van der Waals surface area contributed by atoms with Gasteiger partial charge in [0.25, 0.3) is 11.8 Å². The zero-order valence-corrected chi connectivity index (χ0v) is 14.7. The number of benzene rings is 3. The van der Waals surface area contributed by atoms with Crippen LogP contribution < -0.4 is 20.3 Å². The van der Waals surface area contributed by atoms with E-state index in [0.717, 1.165) is 0 Å². The van der Waals surface area contributed by atoms with Gasteiger partial charge in [-0.15, -0.1) is 0 Å². The summed E-state index contributed by atoms with van der Waals surface area (Å²) in [4.78, 5) is 24.0. The third-order valence-corrected chi connectivity index (χ3v) is 3.59. The Balaban J connectivity index is 1.51. The van der Waals surface area contributed by atoms with E-state index in [9.17, 15) is 14.0 Å². The summed E-state index contributed by atoms with van der Waals surface area (Å²) < 4.78 is 24.2. The summed E-state index contributed by atoms with van der Waals surface area (Å²) >= 11 is 0. The number of hydrogen-bond donors (Lipinski definition) is 2. The summed E-state index contributed by atoms with van der Waals surface area (Å²) in [5, 5.41) is 0. The second kappa shape index (κ2) is 9.18.